The molecule has 0 radical (unpaired) electrons. The predicted octanol–water partition coefficient (Wildman–Crippen LogP) is 1.99. The van der Waals surface area contributed by atoms with Gasteiger partial charge in [0.15, 0.2) is 0 Å². The van der Waals surface area contributed by atoms with Crippen molar-refractivity contribution in [3.05, 3.63) is 29.3 Å². The summed E-state index contributed by atoms with van der Waals surface area (Å²) in [6.45, 7) is 2.20. The molecule has 1 aliphatic carbocycles. The molecule has 3 fully saturated rings. The first kappa shape index (κ1) is 18.6. The quantitative estimate of drug-likeness (QED) is 0.786. The van der Waals surface area contributed by atoms with E-state index >= 15 is 0 Å². The third-order valence-corrected chi connectivity index (χ3v) is 6.66. The van der Waals surface area contributed by atoms with Gasteiger partial charge in [0.2, 0.25) is 11.8 Å². The van der Waals surface area contributed by atoms with E-state index in [1.165, 1.54) is 32.1 Å². The number of ether oxygens (including phenoxy) is 1. The SMILES string of the molecule is O=C1CCC(N2Cc3cc(N4CC(OC5CCCCC5)C4)ccc3C2=O)C(=O)N1. The average Bonchev–Trinajstić information content (AvgIpc) is 3.01. The zero-order valence-corrected chi connectivity index (χ0v) is 16.6. The third kappa shape index (κ3) is 3.52. The molecule has 3 aliphatic heterocycles. The van der Waals surface area contributed by atoms with Crippen molar-refractivity contribution >= 4 is 23.4 Å². The molecule has 2 saturated heterocycles. The molecule has 1 saturated carbocycles. The summed E-state index contributed by atoms with van der Waals surface area (Å²) >= 11 is 0. The number of nitrogens with one attached hydrogen (secondary N) is 1. The summed E-state index contributed by atoms with van der Waals surface area (Å²) < 4.78 is 6.23. The Morgan fingerprint density at radius 3 is 2.52 bits per heavy atom. The van der Waals surface area contributed by atoms with Gasteiger partial charge in [-0.15, -0.1) is 0 Å². The summed E-state index contributed by atoms with van der Waals surface area (Å²) in [5.41, 5.74) is 2.72. The maximum Gasteiger partial charge on any atom is 0.255 e. The fourth-order valence-electron chi connectivity index (χ4n) is 4.97. The van der Waals surface area contributed by atoms with Gasteiger partial charge in [0.25, 0.3) is 5.91 Å². The van der Waals surface area contributed by atoms with Crippen LogP contribution < -0.4 is 10.2 Å². The highest BCUT2D eigenvalue weighted by atomic mass is 16.5. The minimum absolute atomic E-state index is 0.122. The molecule has 3 heterocycles. The highest BCUT2D eigenvalue weighted by molar-refractivity contribution is 6.05. The molecule has 0 aromatic heterocycles. The number of piperidine rings is 1. The average molecular weight is 397 g/mol. The van der Waals surface area contributed by atoms with Crippen LogP contribution in [0, 0.1) is 0 Å². The maximum atomic E-state index is 12.8. The molecule has 7 heteroatoms. The molecule has 3 amide bonds. The lowest BCUT2D eigenvalue weighted by Gasteiger charge is -2.43. The Hall–Kier alpha value is -2.41. The van der Waals surface area contributed by atoms with Gasteiger partial charge in [-0.25, -0.2) is 0 Å². The van der Waals surface area contributed by atoms with Crippen LogP contribution in [0.4, 0.5) is 5.69 Å². The molecule has 1 aromatic rings. The number of carbonyl (C=O) groups excluding carboxylic acids is 3. The largest absolute Gasteiger partial charge is 0.371 e. The van der Waals surface area contributed by atoms with Gasteiger partial charge in [0.1, 0.15) is 6.04 Å². The summed E-state index contributed by atoms with van der Waals surface area (Å²) in [5.74, 6) is -0.753. The van der Waals surface area contributed by atoms with Gasteiger partial charge in [-0.05, 0) is 43.0 Å². The minimum atomic E-state index is -0.562. The second-order valence-corrected chi connectivity index (χ2v) is 8.66. The number of imide groups is 1. The summed E-state index contributed by atoms with van der Waals surface area (Å²) in [5, 5.41) is 2.35. The molecule has 1 aromatic carbocycles. The highest BCUT2D eigenvalue weighted by Gasteiger charge is 2.39. The van der Waals surface area contributed by atoms with Crippen LogP contribution in [0.15, 0.2) is 18.2 Å². The number of carbonyl (C=O) groups is 3. The molecule has 154 valence electrons. The van der Waals surface area contributed by atoms with Gasteiger partial charge in [0.05, 0.1) is 12.2 Å². The zero-order chi connectivity index (χ0) is 20.0. The predicted molar refractivity (Wildman–Crippen MR) is 106 cm³/mol. The van der Waals surface area contributed by atoms with Crippen LogP contribution in [0.3, 0.4) is 0 Å². The molecule has 1 unspecified atom stereocenters. The Morgan fingerprint density at radius 2 is 1.76 bits per heavy atom. The number of benzene rings is 1. The topological polar surface area (TPSA) is 79.0 Å². The van der Waals surface area contributed by atoms with Gasteiger partial charge in [0, 0.05) is 37.3 Å². The third-order valence-electron chi connectivity index (χ3n) is 6.66. The zero-order valence-electron chi connectivity index (χ0n) is 16.6. The summed E-state index contributed by atoms with van der Waals surface area (Å²) in [4.78, 5) is 40.2. The molecule has 7 nitrogen and oxygen atoms in total. The van der Waals surface area contributed by atoms with E-state index in [9.17, 15) is 14.4 Å². The van der Waals surface area contributed by atoms with Crippen LogP contribution in [0.1, 0.15) is 60.9 Å². The second kappa shape index (κ2) is 7.44. The van der Waals surface area contributed by atoms with E-state index in [0.717, 1.165) is 24.3 Å². The van der Waals surface area contributed by atoms with E-state index in [2.05, 4.69) is 16.3 Å². The summed E-state index contributed by atoms with van der Waals surface area (Å²) in [7, 11) is 0. The number of hydrogen-bond acceptors (Lipinski definition) is 5. The summed E-state index contributed by atoms with van der Waals surface area (Å²) in [6.07, 6.45) is 7.67. The van der Waals surface area contributed by atoms with E-state index in [4.69, 9.17) is 4.74 Å². The fourth-order valence-corrected chi connectivity index (χ4v) is 4.97. The second-order valence-electron chi connectivity index (χ2n) is 8.66. The van der Waals surface area contributed by atoms with E-state index in [0.29, 0.717) is 30.7 Å². The van der Waals surface area contributed by atoms with Crippen LogP contribution in [-0.4, -0.2) is 54.0 Å². The van der Waals surface area contributed by atoms with E-state index in [1.54, 1.807) is 4.90 Å². The van der Waals surface area contributed by atoms with Gasteiger partial charge in [-0.1, -0.05) is 19.3 Å². The van der Waals surface area contributed by atoms with Crippen LogP contribution in [0.5, 0.6) is 0 Å². The summed E-state index contributed by atoms with van der Waals surface area (Å²) in [6, 6.07) is 5.36. The monoisotopic (exact) mass is 397 g/mol. The molecule has 0 spiro atoms. The van der Waals surface area contributed by atoms with Gasteiger partial charge in [-0.2, -0.15) is 0 Å². The van der Waals surface area contributed by atoms with Crippen molar-refractivity contribution in [1.82, 2.24) is 10.2 Å². The Morgan fingerprint density at radius 1 is 0.966 bits per heavy atom. The molecule has 1 N–H and O–H groups in total. The van der Waals surface area contributed by atoms with Crippen LogP contribution in [-0.2, 0) is 20.9 Å². The van der Waals surface area contributed by atoms with Crippen molar-refractivity contribution < 1.29 is 19.1 Å². The molecular formula is C22H27N3O4. The Balaban J connectivity index is 1.21. The molecule has 29 heavy (non-hydrogen) atoms. The number of anilines is 1. The van der Waals surface area contributed by atoms with Gasteiger partial charge < -0.3 is 14.5 Å². The molecule has 1 atom stereocenters. The number of fused-ring (bicyclic) bond motifs is 1. The van der Waals surface area contributed by atoms with Crippen LogP contribution in [0.2, 0.25) is 0 Å². The Labute approximate surface area is 170 Å². The normalized spacial score (nSPS) is 25.8. The number of hydrogen-bond donors (Lipinski definition) is 1. The lowest BCUT2D eigenvalue weighted by atomic mass is 9.97. The number of rotatable bonds is 4. The highest BCUT2D eigenvalue weighted by Crippen LogP contribution is 2.33. The molecule has 4 aliphatic rings. The van der Waals surface area contributed by atoms with Crippen molar-refractivity contribution in [2.24, 2.45) is 0 Å². The van der Waals surface area contributed by atoms with Crippen molar-refractivity contribution in [3.8, 4) is 0 Å². The Kier molecular flexibility index (Phi) is 4.78. The lowest BCUT2D eigenvalue weighted by Crippen LogP contribution is -2.53. The maximum absolute atomic E-state index is 12.8. The standard InChI is InChI=1S/C22H27N3O4/c26-20-9-8-19(21(27)23-20)25-11-14-10-15(6-7-18(14)22(25)28)24-12-17(13-24)29-16-4-2-1-3-5-16/h6-7,10,16-17,19H,1-5,8-9,11-13H2,(H,23,26,27). The van der Waals surface area contributed by atoms with Crippen LogP contribution in [0.25, 0.3) is 0 Å². The van der Waals surface area contributed by atoms with Crippen molar-refractivity contribution in [3.63, 3.8) is 0 Å². The van der Waals surface area contributed by atoms with Crippen molar-refractivity contribution in [2.45, 2.75) is 69.7 Å². The number of amides is 3. The van der Waals surface area contributed by atoms with E-state index in [1.807, 2.05) is 12.1 Å². The van der Waals surface area contributed by atoms with E-state index < -0.39 is 6.04 Å². The molecule has 5 rings (SSSR count). The first-order valence-electron chi connectivity index (χ1n) is 10.8. The fraction of sp³-hybridized carbons (Fsp3) is 0.591. The van der Waals surface area contributed by atoms with Gasteiger partial charge >= 0.3 is 0 Å². The van der Waals surface area contributed by atoms with E-state index in [-0.39, 0.29) is 24.1 Å². The minimum Gasteiger partial charge on any atom is -0.371 e. The first-order valence-corrected chi connectivity index (χ1v) is 10.8. The molecular weight excluding hydrogens is 370 g/mol. The van der Waals surface area contributed by atoms with Crippen molar-refractivity contribution in [1.29, 1.82) is 0 Å². The first-order chi connectivity index (χ1) is 14.1. The van der Waals surface area contributed by atoms with Gasteiger partial charge in [-0.3, -0.25) is 19.7 Å². The van der Waals surface area contributed by atoms with Crippen molar-refractivity contribution in [2.75, 3.05) is 18.0 Å². The van der Waals surface area contributed by atoms with Crippen LogP contribution >= 0.6 is 0 Å². The number of nitrogens with zero attached hydrogens (tertiary/aromatic N) is 2. The Bertz CT molecular complexity index is 842. The smallest absolute Gasteiger partial charge is 0.255 e. The molecule has 0 bridgehead atoms. The lowest BCUT2D eigenvalue weighted by molar-refractivity contribution is -0.136.